The first-order valence-electron chi connectivity index (χ1n) is 5.28. The molecule has 0 saturated carbocycles. The zero-order valence-electron chi connectivity index (χ0n) is 9.32. The lowest BCUT2D eigenvalue weighted by Gasteiger charge is -2.07. The fourth-order valence-corrected chi connectivity index (χ4v) is 3.59. The van der Waals surface area contributed by atoms with Crippen molar-refractivity contribution in [3.63, 3.8) is 0 Å². The highest BCUT2D eigenvalue weighted by molar-refractivity contribution is 14.1. The standard InChI is InChI=1S/C12H6BrClIN3S/c13-6-3-9-11(16-5-6)18(12(19)17-9)10-2-1-7(14)4-8(10)15/h1-5H,(H,17,19). The molecule has 0 atom stereocenters. The van der Waals surface area contributed by atoms with E-state index in [-0.39, 0.29) is 0 Å². The second kappa shape index (κ2) is 5.16. The number of pyridine rings is 1. The number of hydrogen-bond acceptors (Lipinski definition) is 2. The quantitative estimate of drug-likeness (QED) is 0.400. The summed E-state index contributed by atoms with van der Waals surface area (Å²) in [5.74, 6) is 0. The molecule has 0 amide bonds. The molecule has 96 valence electrons. The van der Waals surface area contributed by atoms with Crippen LogP contribution in [0.2, 0.25) is 5.02 Å². The number of H-pyrrole nitrogens is 1. The van der Waals surface area contributed by atoms with E-state index in [1.165, 1.54) is 0 Å². The van der Waals surface area contributed by atoms with E-state index in [2.05, 4.69) is 48.5 Å². The Morgan fingerprint density at radius 1 is 1.37 bits per heavy atom. The van der Waals surface area contributed by atoms with Gasteiger partial charge < -0.3 is 4.98 Å². The molecule has 1 N–H and O–H groups in total. The van der Waals surface area contributed by atoms with Gasteiger partial charge in [-0.25, -0.2) is 4.98 Å². The minimum atomic E-state index is 0.612. The topological polar surface area (TPSA) is 33.6 Å². The van der Waals surface area contributed by atoms with E-state index < -0.39 is 0 Å². The molecule has 2 aromatic heterocycles. The van der Waals surface area contributed by atoms with Crippen molar-refractivity contribution in [2.24, 2.45) is 0 Å². The van der Waals surface area contributed by atoms with Crippen LogP contribution in [0.5, 0.6) is 0 Å². The molecule has 7 heteroatoms. The molecule has 3 nitrogen and oxygen atoms in total. The average molecular weight is 467 g/mol. The van der Waals surface area contributed by atoms with Crippen molar-refractivity contribution in [2.75, 3.05) is 0 Å². The molecular weight excluding hydrogens is 460 g/mol. The lowest BCUT2D eigenvalue weighted by molar-refractivity contribution is 1.04. The highest BCUT2D eigenvalue weighted by atomic mass is 127. The number of nitrogens with one attached hydrogen (secondary N) is 1. The summed E-state index contributed by atoms with van der Waals surface area (Å²) in [5, 5.41) is 0.704. The van der Waals surface area contributed by atoms with Crippen molar-refractivity contribution >= 4 is 73.5 Å². The maximum Gasteiger partial charge on any atom is 0.184 e. The maximum atomic E-state index is 5.99. The number of hydrogen-bond donors (Lipinski definition) is 1. The molecule has 0 radical (unpaired) electrons. The summed E-state index contributed by atoms with van der Waals surface area (Å²) in [7, 11) is 0. The van der Waals surface area contributed by atoms with Crippen LogP contribution in [0.25, 0.3) is 16.9 Å². The highest BCUT2D eigenvalue weighted by Gasteiger charge is 2.11. The minimum absolute atomic E-state index is 0.612. The number of aromatic nitrogens is 3. The summed E-state index contributed by atoms with van der Waals surface area (Å²) in [6, 6.07) is 7.64. The molecule has 0 aliphatic rings. The molecule has 0 saturated heterocycles. The molecule has 0 fully saturated rings. The number of fused-ring (bicyclic) bond motifs is 1. The third-order valence-corrected chi connectivity index (χ3v) is 4.46. The average Bonchev–Trinajstić information content (AvgIpc) is 2.65. The summed E-state index contributed by atoms with van der Waals surface area (Å²) < 4.78 is 4.46. The number of aromatic amines is 1. The predicted octanol–water partition coefficient (Wildman–Crippen LogP) is 5.10. The van der Waals surface area contributed by atoms with Crippen LogP contribution in [0.4, 0.5) is 0 Å². The molecular formula is C12H6BrClIN3S. The van der Waals surface area contributed by atoms with Gasteiger partial charge in [-0.1, -0.05) is 11.6 Å². The Morgan fingerprint density at radius 3 is 2.89 bits per heavy atom. The van der Waals surface area contributed by atoms with Gasteiger partial charge in [0.15, 0.2) is 10.4 Å². The molecule has 2 heterocycles. The Labute approximate surface area is 141 Å². The summed E-state index contributed by atoms with van der Waals surface area (Å²) in [6.07, 6.45) is 1.75. The largest absolute Gasteiger partial charge is 0.329 e. The van der Waals surface area contributed by atoms with Gasteiger partial charge in [-0.15, -0.1) is 0 Å². The van der Waals surface area contributed by atoms with Crippen LogP contribution >= 0.6 is 62.3 Å². The SMILES string of the molecule is S=c1[nH]c2cc(Br)cnc2n1-c1ccc(Cl)cc1I. The van der Waals surface area contributed by atoms with E-state index in [0.717, 1.165) is 24.9 Å². The Hall–Kier alpha value is -0.440. The highest BCUT2D eigenvalue weighted by Crippen LogP contribution is 2.26. The van der Waals surface area contributed by atoms with Crippen LogP contribution in [0.1, 0.15) is 0 Å². The molecule has 3 rings (SSSR count). The Morgan fingerprint density at radius 2 is 2.16 bits per heavy atom. The molecule has 0 unspecified atom stereocenters. The van der Waals surface area contributed by atoms with Crippen molar-refractivity contribution in [1.29, 1.82) is 0 Å². The van der Waals surface area contributed by atoms with Crippen molar-refractivity contribution in [3.05, 3.63) is 48.3 Å². The Kier molecular flexibility index (Phi) is 3.67. The normalized spacial score (nSPS) is 11.1. The Bertz CT molecular complexity index is 843. The lowest BCUT2D eigenvalue weighted by Crippen LogP contribution is -1.98. The molecule has 1 aromatic carbocycles. The van der Waals surface area contributed by atoms with E-state index in [9.17, 15) is 0 Å². The lowest BCUT2D eigenvalue weighted by atomic mass is 10.3. The van der Waals surface area contributed by atoms with Gasteiger partial charge in [0.1, 0.15) is 0 Å². The van der Waals surface area contributed by atoms with Crippen LogP contribution in [0, 0.1) is 8.34 Å². The van der Waals surface area contributed by atoms with E-state index in [1.807, 2.05) is 28.8 Å². The third kappa shape index (κ3) is 2.46. The Balaban J connectivity index is 2.36. The van der Waals surface area contributed by atoms with Crippen LogP contribution in [-0.4, -0.2) is 14.5 Å². The molecule has 0 spiro atoms. The predicted molar refractivity (Wildman–Crippen MR) is 91.7 cm³/mol. The van der Waals surface area contributed by atoms with Crippen molar-refractivity contribution in [1.82, 2.24) is 14.5 Å². The third-order valence-electron chi connectivity index (χ3n) is 2.64. The van der Waals surface area contributed by atoms with Gasteiger partial charge >= 0.3 is 0 Å². The van der Waals surface area contributed by atoms with Gasteiger partial charge in [0.2, 0.25) is 0 Å². The summed E-state index contributed by atoms with van der Waals surface area (Å²) in [6.45, 7) is 0. The number of halogens is 3. The fourth-order valence-electron chi connectivity index (χ4n) is 1.86. The van der Waals surface area contributed by atoms with Gasteiger partial charge in [-0.3, -0.25) is 4.57 Å². The van der Waals surface area contributed by atoms with Gasteiger partial charge in [0, 0.05) is 19.3 Å². The first-order chi connectivity index (χ1) is 9.06. The van der Waals surface area contributed by atoms with Crippen molar-refractivity contribution < 1.29 is 0 Å². The van der Waals surface area contributed by atoms with Crippen LogP contribution < -0.4 is 0 Å². The minimum Gasteiger partial charge on any atom is -0.329 e. The number of rotatable bonds is 1. The van der Waals surface area contributed by atoms with Gasteiger partial charge in [0.05, 0.1) is 11.2 Å². The van der Waals surface area contributed by atoms with Crippen LogP contribution in [0.15, 0.2) is 34.9 Å². The maximum absolute atomic E-state index is 5.99. The summed E-state index contributed by atoms with van der Waals surface area (Å²) in [5.41, 5.74) is 2.66. The first-order valence-corrected chi connectivity index (χ1v) is 7.94. The molecule has 19 heavy (non-hydrogen) atoms. The van der Waals surface area contributed by atoms with Gasteiger partial charge in [-0.2, -0.15) is 0 Å². The van der Waals surface area contributed by atoms with Crippen LogP contribution in [0.3, 0.4) is 0 Å². The molecule has 3 aromatic rings. The van der Waals surface area contributed by atoms with Crippen molar-refractivity contribution in [2.45, 2.75) is 0 Å². The first kappa shape index (κ1) is 13.5. The van der Waals surface area contributed by atoms with Crippen LogP contribution in [-0.2, 0) is 0 Å². The fraction of sp³-hybridized carbons (Fsp3) is 0. The molecule has 0 bridgehead atoms. The monoisotopic (exact) mass is 465 g/mol. The van der Waals surface area contributed by atoms with Gasteiger partial charge in [0.25, 0.3) is 0 Å². The number of nitrogens with zero attached hydrogens (tertiary/aromatic N) is 2. The number of benzene rings is 1. The van der Waals surface area contributed by atoms with Gasteiger partial charge in [-0.05, 0) is 75.0 Å². The van der Waals surface area contributed by atoms with E-state index >= 15 is 0 Å². The second-order valence-corrected chi connectivity index (χ2v) is 6.79. The smallest absolute Gasteiger partial charge is 0.184 e. The summed E-state index contributed by atoms with van der Waals surface area (Å²) >= 11 is 17.0. The van der Waals surface area contributed by atoms with E-state index in [0.29, 0.717) is 9.79 Å². The molecule has 0 aliphatic heterocycles. The van der Waals surface area contributed by atoms with E-state index in [1.54, 1.807) is 6.20 Å². The number of imidazole rings is 1. The van der Waals surface area contributed by atoms with E-state index in [4.69, 9.17) is 23.8 Å². The second-order valence-electron chi connectivity index (χ2n) is 3.89. The zero-order chi connectivity index (χ0) is 13.6. The summed E-state index contributed by atoms with van der Waals surface area (Å²) in [4.78, 5) is 7.58. The van der Waals surface area contributed by atoms with Crippen molar-refractivity contribution in [3.8, 4) is 5.69 Å². The molecule has 0 aliphatic carbocycles. The zero-order valence-corrected chi connectivity index (χ0v) is 14.6.